The molecule has 2 heterocycles. The van der Waals surface area contributed by atoms with Gasteiger partial charge in [0.25, 0.3) is 5.91 Å². The van der Waals surface area contributed by atoms with E-state index >= 15 is 0 Å². The Kier molecular flexibility index (Phi) is 6.37. The number of aliphatic hydroxyl groups is 2. The fourth-order valence-electron chi connectivity index (χ4n) is 3.31. The van der Waals surface area contributed by atoms with Crippen LogP contribution in [0.2, 0.25) is 0 Å². The summed E-state index contributed by atoms with van der Waals surface area (Å²) in [5.74, 6) is -0.771. The zero-order valence-corrected chi connectivity index (χ0v) is 15.3. The van der Waals surface area contributed by atoms with Crippen LogP contribution in [-0.2, 0) is 4.79 Å². The molecule has 1 aromatic carbocycles. The molecule has 1 amide bonds. The van der Waals surface area contributed by atoms with E-state index in [0.717, 1.165) is 31.6 Å². The second-order valence-electron chi connectivity index (χ2n) is 6.90. The number of hydrogen-bond donors (Lipinski definition) is 4. The maximum absolute atomic E-state index is 13.2. The Morgan fingerprint density at radius 1 is 1.32 bits per heavy atom. The van der Waals surface area contributed by atoms with Crippen molar-refractivity contribution in [2.45, 2.75) is 25.0 Å². The van der Waals surface area contributed by atoms with Gasteiger partial charge in [-0.2, -0.15) is 0 Å². The number of benzene rings is 1. The predicted octanol–water partition coefficient (Wildman–Crippen LogP) is 0.625. The number of nitrogens with one attached hydrogen (secondary N) is 1. The van der Waals surface area contributed by atoms with Crippen LogP contribution in [0.25, 0.3) is 0 Å². The van der Waals surface area contributed by atoms with Gasteiger partial charge in [0.05, 0.1) is 23.3 Å². The van der Waals surface area contributed by atoms with E-state index in [1.807, 2.05) is 0 Å². The van der Waals surface area contributed by atoms with E-state index in [4.69, 9.17) is 5.73 Å². The first-order chi connectivity index (χ1) is 13.5. The standard InChI is InChI=1S/C19H24FN5O3/c20-13-1-2-16(14(21)9-13)25-7-3-12(4-8-25)10-24-19(28)18(27)17(26)15-11-22-5-6-23-15/h1-2,5-6,9,11-12,17-18,26-27H,3-4,7-8,10,21H2,(H,24,28)/t17-,18+/m0/s1. The van der Waals surface area contributed by atoms with Crippen LogP contribution in [0.5, 0.6) is 0 Å². The molecule has 8 nitrogen and oxygen atoms in total. The summed E-state index contributed by atoms with van der Waals surface area (Å²) in [5.41, 5.74) is 7.25. The molecular weight excluding hydrogens is 365 g/mol. The number of carbonyl (C=O) groups is 1. The highest BCUT2D eigenvalue weighted by molar-refractivity contribution is 5.81. The van der Waals surface area contributed by atoms with Crippen molar-refractivity contribution in [1.82, 2.24) is 15.3 Å². The summed E-state index contributed by atoms with van der Waals surface area (Å²) in [4.78, 5) is 21.9. The van der Waals surface area contributed by atoms with Crippen molar-refractivity contribution in [2.24, 2.45) is 5.92 Å². The van der Waals surface area contributed by atoms with Crippen LogP contribution < -0.4 is 16.0 Å². The molecule has 0 saturated carbocycles. The molecule has 1 aliphatic heterocycles. The summed E-state index contributed by atoms with van der Waals surface area (Å²) >= 11 is 0. The van der Waals surface area contributed by atoms with E-state index in [0.29, 0.717) is 12.2 Å². The van der Waals surface area contributed by atoms with Crippen molar-refractivity contribution in [3.63, 3.8) is 0 Å². The number of aliphatic hydroxyl groups excluding tert-OH is 2. The molecule has 2 aromatic rings. The van der Waals surface area contributed by atoms with Crippen molar-refractivity contribution in [3.05, 3.63) is 48.3 Å². The van der Waals surface area contributed by atoms with E-state index in [-0.39, 0.29) is 17.4 Å². The third kappa shape index (κ3) is 4.73. The summed E-state index contributed by atoms with van der Waals surface area (Å²) in [6.07, 6.45) is 2.71. The average molecular weight is 389 g/mol. The number of hydrogen-bond acceptors (Lipinski definition) is 7. The second-order valence-corrected chi connectivity index (χ2v) is 6.90. The lowest BCUT2D eigenvalue weighted by molar-refractivity contribution is -0.135. The van der Waals surface area contributed by atoms with Crippen molar-refractivity contribution in [2.75, 3.05) is 30.3 Å². The molecule has 1 aliphatic rings. The molecule has 2 atom stereocenters. The summed E-state index contributed by atoms with van der Waals surface area (Å²) in [5, 5.41) is 22.8. The van der Waals surface area contributed by atoms with Gasteiger partial charge >= 0.3 is 0 Å². The predicted molar refractivity (Wildman–Crippen MR) is 102 cm³/mol. The smallest absolute Gasteiger partial charge is 0.251 e. The molecule has 1 saturated heterocycles. The number of anilines is 2. The van der Waals surface area contributed by atoms with Crippen LogP contribution >= 0.6 is 0 Å². The Hall–Kier alpha value is -2.78. The third-order valence-corrected chi connectivity index (χ3v) is 4.96. The normalized spacial score (nSPS) is 17.2. The molecular formula is C19H24FN5O3. The number of nitrogens with zero attached hydrogens (tertiary/aromatic N) is 3. The Labute approximate surface area is 162 Å². The number of nitrogen functional groups attached to an aromatic ring is 1. The number of carbonyl (C=O) groups excluding carboxylic acids is 1. The molecule has 0 bridgehead atoms. The monoisotopic (exact) mass is 389 g/mol. The Balaban J connectivity index is 1.46. The quantitative estimate of drug-likeness (QED) is 0.534. The highest BCUT2D eigenvalue weighted by atomic mass is 19.1. The Morgan fingerprint density at radius 3 is 2.71 bits per heavy atom. The Bertz CT molecular complexity index is 799. The van der Waals surface area contributed by atoms with Gasteiger partial charge in [0.15, 0.2) is 6.10 Å². The van der Waals surface area contributed by atoms with Gasteiger partial charge in [-0.15, -0.1) is 0 Å². The first-order valence-electron chi connectivity index (χ1n) is 9.15. The van der Waals surface area contributed by atoms with Gasteiger partial charge in [-0.3, -0.25) is 14.8 Å². The maximum atomic E-state index is 13.2. The van der Waals surface area contributed by atoms with E-state index in [1.54, 1.807) is 6.07 Å². The SMILES string of the molecule is Nc1cc(F)ccc1N1CCC(CNC(=O)[C@H](O)[C@@H](O)c2cnccn2)CC1. The number of piperidine rings is 1. The van der Waals surface area contributed by atoms with Crippen molar-refractivity contribution in [1.29, 1.82) is 0 Å². The summed E-state index contributed by atoms with van der Waals surface area (Å²) in [6.45, 7) is 1.87. The summed E-state index contributed by atoms with van der Waals surface area (Å²) in [7, 11) is 0. The van der Waals surface area contributed by atoms with Gasteiger partial charge in [-0.05, 0) is 37.0 Å². The van der Waals surface area contributed by atoms with Gasteiger partial charge in [0, 0.05) is 32.0 Å². The topological polar surface area (TPSA) is 125 Å². The zero-order chi connectivity index (χ0) is 20.1. The molecule has 0 radical (unpaired) electrons. The first-order valence-corrected chi connectivity index (χ1v) is 9.15. The molecule has 1 aromatic heterocycles. The number of nitrogens with two attached hydrogens (primary N) is 1. The van der Waals surface area contributed by atoms with Crippen LogP contribution in [0.1, 0.15) is 24.6 Å². The van der Waals surface area contributed by atoms with E-state index in [9.17, 15) is 19.4 Å². The molecule has 1 fully saturated rings. The van der Waals surface area contributed by atoms with E-state index in [1.165, 1.54) is 30.7 Å². The molecule has 9 heteroatoms. The lowest BCUT2D eigenvalue weighted by Crippen LogP contribution is -2.43. The van der Waals surface area contributed by atoms with Gasteiger partial charge in [0.2, 0.25) is 0 Å². The molecule has 0 unspecified atom stereocenters. The van der Waals surface area contributed by atoms with Crippen molar-refractivity contribution < 1.29 is 19.4 Å². The van der Waals surface area contributed by atoms with Gasteiger partial charge in [-0.1, -0.05) is 0 Å². The highest BCUT2D eigenvalue weighted by Crippen LogP contribution is 2.28. The second kappa shape index (κ2) is 8.94. The minimum Gasteiger partial charge on any atom is -0.397 e. The zero-order valence-electron chi connectivity index (χ0n) is 15.3. The number of rotatable bonds is 6. The van der Waals surface area contributed by atoms with Crippen LogP contribution in [0.15, 0.2) is 36.8 Å². The molecule has 150 valence electrons. The minimum absolute atomic E-state index is 0.135. The van der Waals surface area contributed by atoms with Crippen LogP contribution in [0, 0.1) is 11.7 Å². The lowest BCUT2D eigenvalue weighted by Gasteiger charge is -2.34. The van der Waals surface area contributed by atoms with Crippen LogP contribution in [0.3, 0.4) is 0 Å². The maximum Gasteiger partial charge on any atom is 0.251 e. The molecule has 0 spiro atoms. The van der Waals surface area contributed by atoms with E-state index in [2.05, 4.69) is 20.2 Å². The summed E-state index contributed by atoms with van der Waals surface area (Å²) < 4.78 is 13.2. The fourth-order valence-corrected chi connectivity index (χ4v) is 3.31. The van der Waals surface area contributed by atoms with Gasteiger partial charge in [-0.25, -0.2) is 4.39 Å². The van der Waals surface area contributed by atoms with Crippen LogP contribution in [0.4, 0.5) is 15.8 Å². The van der Waals surface area contributed by atoms with Gasteiger partial charge < -0.3 is 26.2 Å². The van der Waals surface area contributed by atoms with Crippen LogP contribution in [-0.4, -0.2) is 51.8 Å². The highest BCUT2D eigenvalue weighted by Gasteiger charge is 2.28. The summed E-state index contributed by atoms with van der Waals surface area (Å²) in [6, 6.07) is 4.38. The molecule has 3 rings (SSSR count). The molecule has 5 N–H and O–H groups in total. The number of aromatic nitrogens is 2. The first kappa shape index (κ1) is 20.0. The molecule has 28 heavy (non-hydrogen) atoms. The number of halogens is 1. The average Bonchev–Trinajstić information content (AvgIpc) is 2.72. The fraction of sp³-hybridized carbons (Fsp3) is 0.421. The van der Waals surface area contributed by atoms with E-state index < -0.39 is 18.1 Å². The minimum atomic E-state index is -1.61. The Morgan fingerprint density at radius 2 is 2.07 bits per heavy atom. The molecule has 0 aliphatic carbocycles. The lowest BCUT2D eigenvalue weighted by atomic mass is 9.96. The van der Waals surface area contributed by atoms with Crippen molar-refractivity contribution >= 4 is 17.3 Å². The van der Waals surface area contributed by atoms with Crippen molar-refractivity contribution in [3.8, 4) is 0 Å². The number of amides is 1. The third-order valence-electron chi connectivity index (χ3n) is 4.96. The largest absolute Gasteiger partial charge is 0.397 e. The van der Waals surface area contributed by atoms with Gasteiger partial charge in [0.1, 0.15) is 11.9 Å².